The lowest BCUT2D eigenvalue weighted by atomic mass is 10.0. The van der Waals surface area contributed by atoms with Crippen LogP contribution in [-0.2, 0) is 0 Å². The van der Waals surface area contributed by atoms with Gasteiger partial charge in [0.15, 0.2) is 0 Å². The molecule has 7 heteroatoms. The summed E-state index contributed by atoms with van der Waals surface area (Å²) < 4.78 is 6.01. The number of carbonyl (C=O) groups excluding carboxylic acids is 1. The predicted octanol–water partition coefficient (Wildman–Crippen LogP) is 3.59. The van der Waals surface area contributed by atoms with Crippen LogP contribution < -0.4 is 20.7 Å². The molecule has 4 N–H and O–H groups in total. The Hall–Kier alpha value is -3.71. The smallest absolute Gasteiger partial charge is 0.251 e. The van der Waals surface area contributed by atoms with Gasteiger partial charge in [-0.2, -0.15) is 0 Å². The minimum Gasteiger partial charge on any atom is -0.457 e. The maximum Gasteiger partial charge on any atom is 0.251 e. The molecule has 158 valence electrons. The molecule has 1 saturated heterocycles. The van der Waals surface area contributed by atoms with Crippen LogP contribution in [0.2, 0.25) is 0 Å². The predicted molar refractivity (Wildman–Crippen MR) is 122 cm³/mol. The molecule has 1 aromatic heterocycles. The van der Waals surface area contributed by atoms with Gasteiger partial charge in [-0.3, -0.25) is 9.78 Å². The van der Waals surface area contributed by atoms with Gasteiger partial charge in [-0.15, -0.1) is 0 Å². The molecule has 1 aliphatic rings. The minimum absolute atomic E-state index is 0.0469. The van der Waals surface area contributed by atoms with E-state index in [9.17, 15) is 4.79 Å². The highest BCUT2D eigenvalue weighted by Gasteiger charge is 2.20. The number of aryl methyl sites for hydroxylation is 1. The van der Waals surface area contributed by atoms with Gasteiger partial charge in [-0.05, 0) is 42.8 Å². The van der Waals surface area contributed by atoms with Crippen molar-refractivity contribution in [2.45, 2.75) is 13.0 Å². The molecule has 0 saturated carbocycles. The zero-order chi connectivity index (χ0) is 21.8. The number of pyridine rings is 1. The van der Waals surface area contributed by atoms with Crippen LogP contribution in [0.25, 0.3) is 11.3 Å². The lowest BCUT2D eigenvalue weighted by Crippen LogP contribution is -2.57. The summed E-state index contributed by atoms with van der Waals surface area (Å²) in [5, 5.41) is 16.7. The molecule has 1 aliphatic heterocycles. The summed E-state index contributed by atoms with van der Waals surface area (Å²) >= 11 is 0. The van der Waals surface area contributed by atoms with Gasteiger partial charge in [0, 0.05) is 67.1 Å². The first-order chi connectivity index (χ1) is 15.1. The molecule has 0 unspecified atom stereocenters. The monoisotopic (exact) mass is 415 g/mol. The number of benzene rings is 2. The number of anilines is 1. The van der Waals surface area contributed by atoms with Gasteiger partial charge in [-0.25, -0.2) is 0 Å². The Labute approximate surface area is 181 Å². The van der Waals surface area contributed by atoms with E-state index in [1.165, 1.54) is 6.21 Å². The minimum atomic E-state index is -0.0469. The summed E-state index contributed by atoms with van der Waals surface area (Å²) in [6.07, 6.45) is 3.00. The van der Waals surface area contributed by atoms with Crippen LogP contribution in [0.4, 0.5) is 5.69 Å². The van der Waals surface area contributed by atoms with Crippen LogP contribution in [0, 0.1) is 12.3 Å². The molecule has 3 aromatic rings. The van der Waals surface area contributed by atoms with Crippen LogP contribution in [0.3, 0.4) is 0 Å². The number of rotatable bonds is 7. The highest BCUT2D eigenvalue weighted by molar-refractivity contribution is 5.96. The lowest BCUT2D eigenvalue weighted by Gasteiger charge is -2.28. The van der Waals surface area contributed by atoms with Crippen molar-refractivity contribution in [2.24, 2.45) is 0 Å². The van der Waals surface area contributed by atoms with E-state index in [1.54, 1.807) is 12.3 Å². The number of aromatic nitrogens is 1. The number of ether oxygens (including phenoxy) is 1. The molecule has 0 bridgehead atoms. The standard InChI is InChI=1S/C24H25N5O2/c1-15-9-16(4-6-21(15)24(30)29-18-13-27-14-18)23-11-20(7-8-28-23)31-19-5-3-17(12-25)22(10-19)26-2/h3-12,18,25-27H,13-14H2,1-2H3,(H,29,30). The number of amides is 1. The molecule has 2 heterocycles. The Balaban J connectivity index is 1.53. The van der Waals surface area contributed by atoms with Crippen LogP contribution in [0.1, 0.15) is 21.5 Å². The van der Waals surface area contributed by atoms with Crippen molar-refractivity contribution in [2.75, 3.05) is 25.5 Å². The number of nitrogens with zero attached hydrogens (tertiary/aromatic N) is 1. The van der Waals surface area contributed by atoms with E-state index in [4.69, 9.17) is 10.1 Å². The third-order valence-corrected chi connectivity index (χ3v) is 5.30. The van der Waals surface area contributed by atoms with Crippen molar-refractivity contribution in [1.29, 1.82) is 5.41 Å². The zero-order valence-corrected chi connectivity index (χ0v) is 17.5. The number of hydrogen-bond acceptors (Lipinski definition) is 6. The Morgan fingerprint density at radius 1 is 1.16 bits per heavy atom. The van der Waals surface area contributed by atoms with Crippen LogP contribution in [-0.4, -0.2) is 43.3 Å². The molecule has 31 heavy (non-hydrogen) atoms. The van der Waals surface area contributed by atoms with Crippen molar-refractivity contribution < 1.29 is 9.53 Å². The number of nitrogens with one attached hydrogen (secondary N) is 4. The summed E-state index contributed by atoms with van der Waals surface area (Å²) in [5.41, 5.74) is 4.87. The Bertz CT molecular complexity index is 1120. The van der Waals surface area contributed by atoms with Crippen LogP contribution >= 0.6 is 0 Å². The molecule has 0 radical (unpaired) electrons. The second-order valence-electron chi connectivity index (χ2n) is 7.48. The first-order valence-corrected chi connectivity index (χ1v) is 10.2. The van der Waals surface area contributed by atoms with Crippen molar-refractivity contribution >= 4 is 17.8 Å². The lowest BCUT2D eigenvalue weighted by molar-refractivity contribution is 0.0923. The van der Waals surface area contributed by atoms with E-state index in [2.05, 4.69) is 20.9 Å². The van der Waals surface area contributed by atoms with Gasteiger partial charge in [0.2, 0.25) is 0 Å². The summed E-state index contributed by atoms with van der Waals surface area (Å²) in [5.74, 6) is 1.28. The van der Waals surface area contributed by atoms with E-state index in [0.717, 1.165) is 41.2 Å². The van der Waals surface area contributed by atoms with Gasteiger partial charge in [0.05, 0.1) is 11.7 Å². The summed E-state index contributed by atoms with van der Waals surface area (Å²) in [7, 11) is 1.81. The van der Waals surface area contributed by atoms with E-state index in [0.29, 0.717) is 17.1 Å². The summed E-state index contributed by atoms with van der Waals surface area (Å²) in [6.45, 7) is 3.57. The zero-order valence-electron chi connectivity index (χ0n) is 17.5. The number of carbonyl (C=O) groups is 1. The molecular formula is C24H25N5O2. The van der Waals surface area contributed by atoms with Gasteiger partial charge < -0.3 is 26.1 Å². The fourth-order valence-electron chi connectivity index (χ4n) is 3.44. The van der Waals surface area contributed by atoms with Gasteiger partial charge in [0.1, 0.15) is 11.5 Å². The normalized spacial score (nSPS) is 13.2. The second-order valence-corrected chi connectivity index (χ2v) is 7.48. The molecule has 2 aromatic carbocycles. The molecule has 1 amide bonds. The van der Waals surface area contributed by atoms with Gasteiger partial charge >= 0.3 is 0 Å². The van der Waals surface area contributed by atoms with Gasteiger partial charge in [-0.1, -0.05) is 6.07 Å². The fourth-order valence-corrected chi connectivity index (χ4v) is 3.44. The van der Waals surface area contributed by atoms with Crippen molar-refractivity contribution in [1.82, 2.24) is 15.6 Å². The summed E-state index contributed by atoms with van der Waals surface area (Å²) in [6, 6.07) is 15.1. The van der Waals surface area contributed by atoms with E-state index in [-0.39, 0.29) is 11.9 Å². The topological polar surface area (TPSA) is 99.1 Å². The first kappa shape index (κ1) is 20.6. The second kappa shape index (κ2) is 8.97. The quantitative estimate of drug-likeness (QED) is 0.442. The van der Waals surface area contributed by atoms with Crippen LogP contribution in [0.15, 0.2) is 54.7 Å². The molecule has 1 fully saturated rings. The third-order valence-electron chi connectivity index (χ3n) is 5.30. The average Bonchev–Trinajstić information content (AvgIpc) is 2.76. The molecule has 4 rings (SSSR count). The molecule has 0 aliphatic carbocycles. The number of hydrogen-bond donors (Lipinski definition) is 4. The first-order valence-electron chi connectivity index (χ1n) is 10.2. The third kappa shape index (κ3) is 4.57. The average molecular weight is 415 g/mol. The largest absolute Gasteiger partial charge is 0.457 e. The van der Waals surface area contributed by atoms with Crippen molar-refractivity contribution in [3.05, 3.63) is 71.4 Å². The Morgan fingerprint density at radius 3 is 2.65 bits per heavy atom. The Kier molecular flexibility index (Phi) is 5.95. The Morgan fingerprint density at radius 2 is 1.97 bits per heavy atom. The molecule has 7 nitrogen and oxygen atoms in total. The SMILES string of the molecule is CNc1cc(Oc2ccnc(-c3ccc(C(=O)NC4CNC4)c(C)c3)c2)ccc1C=N. The van der Waals surface area contributed by atoms with E-state index in [1.807, 2.05) is 56.4 Å². The van der Waals surface area contributed by atoms with Crippen LogP contribution in [0.5, 0.6) is 11.5 Å². The molecular weight excluding hydrogens is 390 g/mol. The molecule has 0 atom stereocenters. The highest BCUT2D eigenvalue weighted by Crippen LogP contribution is 2.29. The summed E-state index contributed by atoms with van der Waals surface area (Å²) in [4.78, 5) is 16.9. The maximum absolute atomic E-state index is 12.5. The van der Waals surface area contributed by atoms with Gasteiger partial charge in [0.25, 0.3) is 5.91 Å². The highest BCUT2D eigenvalue weighted by atomic mass is 16.5. The van der Waals surface area contributed by atoms with Crippen molar-refractivity contribution in [3.63, 3.8) is 0 Å². The molecule has 0 spiro atoms. The van der Waals surface area contributed by atoms with E-state index >= 15 is 0 Å². The van der Waals surface area contributed by atoms with Crippen molar-refractivity contribution in [3.8, 4) is 22.8 Å². The fraction of sp³-hybridized carbons (Fsp3) is 0.208. The maximum atomic E-state index is 12.5. The van der Waals surface area contributed by atoms with E-state index < -0.39 is 0 Å².